The minimum atomic E-state index is -4.95. The molecular weight excluding hydrogens is 191 g/mol. The first-order valence-electron chi connectivity index (χ1n) is 3.08. The number of carboxylic acids is 1. The summed E-state index contributed by atoms with van der Waals surface area (Å²) in [6.45, 7) is 0. The number of carbonyl (C=O) groups is 2. The number of nitrogens with one attached hydrogen (secondary N) is 1. The Morgan fingerprint density at radius 2 is 1.92 bits per heavy atom. The fourth-order valence-electron chi connectivity index (χ4n) is 0.376. The molecule has 0 spiro atoms. The Morgan fingerprint density at radius 1 is 1.38 bits per heavy atom. The van der Waals surface area contributed by atoms with Crippen LogP contribution >= 0.6 is 0 Å². The first-order valence-corrected chi connectivity index (χ1v) is 3.08. The smallest absolute Gasteiger partial charge is 0.471 e. The van der Waals surface area contributed by atoms with Gasteiger partial charge in [0.15, 0.2) is 0 Å². The summed E-state index contributed by atoms with van der Waals surface area (Å²) < 4.78 is 34.4. The lowest BCUT2D eigenvalue weighted by atomic mass is 10.4. The zero-order valence-electron chi connectivity index (χ0n) is 6.26. The van der Waals surface area contributed by atoms with Crippen molar-refractivity contribution in [1.82, 2.24) is 5.32 Å². The van der Waals surface area contributed by atoms with Gasteiger partial charge in [-0.1, -0.05) is 6.08 Å². The van der Waals surface area contributed by atoms with Crippen molar-refractivity contribution in [2.24, 2.45) is 0 Å². The largest absolute Gasteiger partial charge is 0.481 e. The summed E-state index contributed by atoms with van der Waals surface area (Å²) >= 11 is 0. The first kappa shape index (κ1) is 11.5. The van der Waals surface area contributed by atoms with Crippen LogP contribution in [0, 0.1) is 0 Å². The monoisotopic (exact) mass is 197 g/mol. The van der Waals surface area contributed by atoms with Crippen LogP contribution in [0.4, 0.5) is 13.2 Å². The van der Waals surface area contributed by atoms with Crippen molar-refractivity contribution in [3.05, 3.63) is 12.3 Å². The second-order valence-corrected chi connectivity index (χ2v) is 1.97. The molecule has 74 valence electrons. The van der Waals surface area contributed by atoms with Crippen LogP contribution in [0.15, 0.2) is 12.3 Å². The third-order valence-corrected chi connectivity index (χ3v) is 0.882. The van der Waals surface area contributed by atoms with E-state index in [2.05, 4.69) is 0 Å². The quantitative estimate of drug-likeness (QED) is 0.698. The van der Waals surface area contributed by atoms with Crippen molar-refractivity contribution >= 4 is 11.9 Å². The molecule has 0 unspecified atom stereocenters. The number of halogens is 3. The van der Waals surface area contributed by atoms with E-state index in [9.17, 15) is 22.8 Å². The Balaban J connectivity index is 3.84. The molecule has 0 rings (SSSR count). The molecule has 1 amide bonds. The number of hydrogen-bond acceptors (Lipinski definition) is 2. The molecule has 0 aromatic heterocycles. The van der Waals surface area contributed by atoms with Gasteiger partial charge in [0.25, 0.3) is 0 Å². The Kier molecular flexibility index (Phi) is 3.96. The van der Waals surface area contributed by atoms with Crippen molar-refractivity contribution in [3.8, 4) is 0 Å². The molecule has 0 aliphatic heterocycles. The number of hydrogen-bond donors (Lipinski definition) is 2. The maximum absolute atomic E-state index is 11.5. The minimum Gasteiger partial charge on any atom is -0.481 e. The van der Waals surface area contributed by atoms with E-state index in [4.69, 9.17) is 5.11 Å². The average Bonchev–Trinajstić information content (AvgIpc) is 1.95. The van der Waals surface area contributed by atoms with E-state index in [-0.39, 0.29) is 0 Å². The zero-order valence-corrected chi connectivity index (χ0v) is 6.26. The molecule has 0 aromatic rings. The Labute approximate surface area is 71.0 Å². The number of alkyl halides is 3. The average molecular weight is 197 g/mol. The van der Waals surface area contributed by atoms with Gasteiger partial charge < -0.3 is 10.4 Å². The summed E-state index contributed by atoms with van der Waals surface area (Å²) in [5, 5.41) is 9.42. The Morgan fingerprint density at radius 3 is 2.31 bits per heavy atom. The molecule has 13 heavy (non-hydrogen) atoms. The second kappa shape index (κ2) is 4.48. The molecule has 0 atom stereocenters. The normalized spacial score (nSPS) is 11.6. The highest BCUT2D eigenvalue weighted by molar-refractivity contribution is 5.82. The SMILES string of the molecule is O=C(O)CC=CNC(=O)C(F)(F)F. The zero-order chi connectivity index (χ0) is 10.5. The van der Waals surface area contributed by atoms with E-state index >= 15 is 0 Å². The van der Waals surface area contributed by atoms with Crippen LogP contribution < -0.4 is 5.32 Å². The predicted molar refractivity (Wildman–Crippen MR) is 35.6 cm³/mol. The van der Waals surface area contributed by atoms with Crippen LogP contribution in [0.1, 0.15) is 6.42 Å². The van der Waals surface area contributed by atoms with Crippen molar-refractivity contribution in [3.63, 3.8) is 0 Å². The summed E-state index contributed by atoms with van der Waals surface area (Å²) in [6, 6.07) is 0. The fraction of sp³-hybridized carbons (Fsp3) is 0.333. The Hall–Kier alpha value is -1.53. The first-order chi connectivity index (χ1) is 5.84. The van der Waals surface area contributed by atoms with E-state index in [0.717, 1.165) is 6.08 Å². The highest BCUT2D eigenvalue weighted by Gasteiger charge is 2.37. The highest BCUT2D eigenvalue weighted by atomic mass is 19.4. The topological polar surface area (TPSA) is 66.4 Å². The van der Waals surface area contributed by atoms with Gasteiger partial charge in [-0.15, -0.1) is 0 Å². The highest BCUT2D eigenvalue weighted by Crippen LogP contribution is 2.13. The third-order valence-electron chi connectivity index (χ3n) is 0.882. The lowest BCUT2D eigenvalue weighted by molar-refractivity contribution is -0.172. The maximum atomic E-state index is 11.5. The van der Waals surface area contributed by atoms with Gasteiger partial charge in [0.1, 0.15) is 0 Å². The van der Waals surface area contributed by atoms with Gasteiger partial charge in [-0.3, -0.25) is 9.59 Å². The molecule has 2 N–H and O–H groups in total. The lowest BCUT2D eigenvalue weighted by Crippen LogP contribution is -2.33. The second-order valence-electron chi connectivity index (χ2n) is 1.97. The molecule has 0 saturated heterocycles. The van der Waals surface area contributed by atoms with Crippen LogP contribution in [0.5, 0.6) is 0 Å². The van der Waals surface area contributed by atoms with Gasteiger partial charge in [0.05, 0.1) is 6.42 Å². The van der Waals surface area contributed by atoms with E-state index < -0.39 is 24.5 Å². The van der Waals surface area contributed by atoms with Crippen LogP contribution in [-0.2, 0) is 9.59 Å². The van der Waals surface area contributed by atoms with Gasteiger partial charge in [-0.25, -0.2) is 0 Å². The van der Waals surface area contributed by atoms with Crippen LogP contribution in [-0.4, -0.2) is 23.2 Å². The molecule has 0 fully saturated rings. The number of carboxylic acid groups (broad SMARTS) is 1. The third kappa shape index (κ3) is 5.71. The standard InChI is InChI=1S/C6H6F3NO3/c7-6(8,9)5(13)10-3-1-2-4(11)12/h1,3H,2H2,(H,10,13)(H,11,12). The number of amides is 1. The van der Waals surface area contributed by atoms with E-state index in [0.29, 0.717) is 6.20 Å². The van der Waals surface area contributed by atoms with Crippen LogP contribution in [0.2, 0.25) is 0 Å². The molecule has 0 bridgehead atoms. The van der Waals surface area contributed by atoms with Crippen molar-refractivity contribution in [1.29, 1.82) is 0 Å². The molecule has 0 heterocycles. The summed E-state index contributed by atoms with van der Waals surface area (Å²) in [5.41, 5.74) is 0. The molecule has 0 aromatic carbocycles. The van der Waals surface area contributed by atoms with E-state index in [1.807, 2.05) is 0 Å². The molecule has 0 aliphatic carbocycles. The van der Waals surface area contributed by atoms with Gasteiger partial charge in [0.2, 0.25) is 0 Å². The van der Waals surface area contributed by atoms with E-state index in [1.165, 1.54) is 5.32 Å². The van der Waals surface area contributed by atoms with Gasteiger partial charge >= 0.3 is 18.1 Å². The lowest BCUT2D eigenvalue weighted by Gasteiger charge is -2.02. The van der Waals surface area contributed by atoms with Gasteiger partial charge in [0, 0.05) is 6.20 Å². The molecule has 0 aliphatic rings. The van der Waals surface area contributed by atoms with Crippen molar-refractivity contribution in [2.75, 3.05) is 0 Å². The molecule has 4 nitrogen and oxygen atoms in total. The van der Waals surface area contributed by atoms with Gasteiger partial charge in [-0.2, -0.15) is 13.2 Å². The Bertz CT molecular complexity index is 234. The van der Waals surface area contributed by atoms with Crippen molar-refractivity contribution < 1.29 is 27.9 Å². The van der Waals surface area contributed by atoms with Crippen LogP contribution in [0.3, 0.4) is 0 Å². The molecule has 0 radical (unpaired) electrons. The molecular formula is C6H6F3NO3. The number of carbonyl (C=O) groups excluding carboxylic acids is 1. The van der Waals surface area contributed by atoms with E-state index in [1.54, 1.807) is 0 Å². The molecule has 0 saturated carbocycles. The number of aliphatic carboxylic acids is 1. The predicted octanol–water partition coefficient (Wildman–Crippen LogP) is 0.653. The molecule has 7 heteroatoms. The summed E-state index contributed by atoms with van der Waals surface area (Å²) in [5.74, 6) is -3.33. The minimum absolute atomic E-state index is 0.446. The van der Waals surface area contributed by atoms with Crippen LogP contribution in [0.25, 0.3) is 0 Å². The fourth-order valence-corrected chi connectivity index (χ4v) is 0.376. The summed E-state index contributed by atoms with van der Waals surface area (Å²) in [6.07, 6.45) is -3.86. The van der Waals surface area contributed by atoms with Gasteiger partial charge in [-0.05, 0) is 0 Å². The summed E-state index contributed by atoms with van der Waals surface area (Å²) in [4.78, 5) is 19.9. The number of rotatable bonds is 3. The van der Waals surface area contributed by atoms with Crippen molar-refractivity contribution in [2.45, 2.75) is 12.6 Å². The summed E-state index contributed by atoms with van der Waals surface area (Å²) in [7, 11) is 0. The maximum Gasteiger partial charge on any atom is 0.471 e.